The average Bonchev–Trinajstić information content (AvgIpc) is 3.04. The van der Waals surface area contributed by atoms with Crippen molar-refractivity contribution in [3.63, 3.8) is 0 Å². The van der Waals surface area contributed by atoms with Crippen LogP contribution in [0.1, 0.15) is 67.2 Å². The van der Waals surface area contributed by atoms with E-state index >= 15 is 0 Å². The zero-order valence-corrected chi connectivity index (χ0v) is 15.3. The van der Waals surface area contributed by atoms with E-state index in [0.29, 0.717) is 10.8 Å². The molecule has 1 fully saturated rings. The van der Waals surface area contributed by atoms with E-state index in [1.807, 2.05) is 0 Å². The van der Waals surface area contributed by atoms with Crippen molar-refractivity contribution in [1.82, 2.24) is 10.4 Å². The van der Waals surface area contributed by atoms with Crippen molar-refractivity contribution in [2.75, 3.05) is 20.1 Å². The molecule has 1 saturated heterocycles. The Morgan fingerprint density at radius 3 is 2.43 bits per heavy atom. The molecule has 0 radical (unpaired) electrons. The fourth-order valence-electron chi connectivity index (χ4n) is 4.80. The Balaban J connectivity index is 2.18. The molecule has 2 unspecified atom stereocenters. The monoisotopic (exact) mass is 292 g/mol. The van der Waals surface area contributed by atoms with E-state index in [9.17, 15) is 0 Å². The van der Waals surface area contributed by atoms with Crippen LogP contribution >= 0.6 is 0 Å². The Kier molecular flexibility index (Phi) is 4.90. The predicted octanol–water partition coefficient (Wildman–Crippen LogP) is 4.63. The molecule has 0 spiro atoms. The average molecular weight is 293 g/mol. The lowest BCUT2D eigenvalue weighted by molar-refractivity contribution is 0.138. The van der Waals surface area contributed by atoms with Gasteiger partial charge in [0.1, 0.15) is 0 Å². The van der Waals surface area contributed by atoms with Gasteiger partial charge in [-0.3, -0.25) is 5.43 Å². The van der Waals surface area contributed by atoms with Gasteiger partial charge in [0.25, 0.3) is 0 Å². The maximum absolute atomic E-state index is 3.65. The topological polar surface area (TPSA) is 15.3 Å². The van der Waals surface area contributed by atoms with Crippen LogP contribution in [0.5, 0.6) is 0 Å². The molecule has 1 heterocycles. The molecule has 2 aliphatic rings. The summed E-state index contributed by atoms with van der Waals surface area (Å²) < 4.78 is 0. The summed E-state index contributed by atoms with van der Waals surface area (Å²) in [5.74, 6) is 1.59. The molecule has 0 saturated carbocycles. The van der Waals surface area contributed by atoms with Gasteiger partial charge >= 0.3 is 0 Å². The van der Waals surface area contributed by atoms with Gasteiger partial charge in [0.2, 0.25) is 0 Å². The van der Waals surface area contributed by atoms with E-state index in [2.05, 4.69) is 59.0 Å². The quantitative estimate of drug-likeness (QED) is 0.763. The summed E-state index contributed by atoms with van der Waals surface area (Å²) in [7, 11) is 2.22. The summed E-state index contributed by atoms with van der Waals surface area (Å²) in [4.78, 5) is 0. The Labute approximate surface area is 132 Å². The first kappa shape index (κ1) is 17.0. The lowest BCUT2D eigenvalue weighted by atomic mass is 9.67. The van der Waals surface area contributed by atoms with Crippen molar-refractivity contribution in [1.29, 1.82) is 0 Å². The summed E-state index contributed by atoms with van der Waals surface area (Å²) in [5, 5.41) is 2.35. The second-order valence-corrected chi connectivity index (χ2v) is 8.72. The zero-order chi connectivity index (χ0) is 15.8. The summed E-state index contributed by atoms with van der Waals surface area (Å²) in [6.07, 6.45) is 5.23. The zero-order valence-electron chi connectivity index (χ0n) is 15.3. The molecular weight excluding hydrogens is 256 g/mol. The van der Waals surface area contributed by atoms with Crippen molar-refractivity contribution >= 4 is 0 Å². The van der Waals surface area contributed by atoms with E-state index in [1.165, 1.54) is 32.2 Å². The van der Waals surface area contributed by atoms with Gasteiger partial charge in [-0.25, -0.2) is 5.01 Å². The lowest BCUT2D eigenvalue weighted by Crippen LogP contribution is -2.42. The third-order valence-corrected chi connectivity index (χ3v) is 5.97. The minimum Gasteiger partial charge on any atom is -0.255 e. The molecule has 0 amide bonds. The van der Waals surface area contributed by atoms with E-state index in [0.717, 1.165) is 18.4 Å². The molecule has 0 bridgehead atoms. The van der Waals surface area contributed by atoms with Crippen molar-refractivity contribution in [2.24, 2.45) is 22.7 Å². The number of hydrogen-bond acceptors (Lipinski definition) is 2. The molecule has 0 aromatic heterocycles. The molecule has 21 heavy (non-hydrogen) atoms. The van der Waals surface area contributed by atoms with Gasteiger partial charge in [-0.2, -0.15) is 0 Å². The van der Waals surface area contributed by atoms with Crippen molar-refractivity contribution in [3.8, 4) is 0 Å². The predicted molar refractivity (Wildman–Crippen MR) is 92.0 cm³/mol. The van der Waals surface area contributed by atoms with Crippen LogP contribution in [0.2, 0.25) is 0 Å². The highest BCUT2D eigenvalue weighted by Crippen LogP contribution is 2.52. The van der Waals surface area contributed by atoms with Crippen molar-refractivity contribution in [3.05, 3.63) is 11.1 Å². The van der Waals surface area contributed by atoms with Crippen LogP contribution in [-0.4, -0.2) is 25.1 Å². The maximum Gasteiger partial charge on any atom is 0.0165 e. The number of rotatable bonds is 3. The van der Waals surface area contributed by atoms with Crippen LogP contribution in [0.25, 0.3) is 0 Å². The van der Waals surface area contributed by atoms with E-state index < -0.39 is 0 Å². The summed E-state index contributed by atoms with van der Waals surface area (Å²) in [5.41, 5.74) is 7.92. The smallest absolute Gasteiger partial charge is 0.0165 e. The third kappa shape index (κ3) is 3.90. The second kappa shape index (κ2) is 6.04. The summed E-state index contributed by atoms with van der Waals surface area (Å²) in [6, 6.07) is 0. The van der Waals surface area contributed by atoms with Crippen LogP contribution in [0.3, 0.4) is 0 Å². The minimum absolute atomic E-state index is 0.369. The van der Waals surface area contributed by atoms with Crippen LogP contribution in [0.4, 0.5) is 0 Å². The molecule has 0 aromatic rings. The first-order chi connectivity index (χ1) is 9.71. The Morgan fingerprint density at radius 2 is 1.90 bits per heavy atom. The highest BCUT2D eigenvalue weighted by atomic mass is 15.5. The van der Waals surface area contributed by atoms with Crippen LogP contribution in [0, 0.1) is 22.7 Å². The molecule has 1 aliphatic heterocycles. The molecule has 1 aliphatic carbocycles. The van der Waals surface area contributed by atoms with Crippen molar-refractivity contribution in [2.45, 2.75) is 67.2 Å². The highest BCUT2D eigenvalue weighted by molar-refractivity contribution is 5.40. The Morgan fingerprint density at radius 1 is 1.24 bits per heavy atom. The molecule has 2 rings (SSSR count). The SMILES string of the molecule is CCC1=C(C)C1C1CN(C)NCC(C)(C)C[C@](C)(CC)C1. The molecular formula is C19H36N2. The van der Waals surface area contributed by atoms with E-state index in [1.54, 1.807) is 11.1 Å². The normalized spacial score (nSPS) is 37.9. The molecule has 3 atom stereocenters. The molecule has 0 aromatic carbocycles. The third-order valence-electron chi connectivity index (χ3n) is 5.97. The van der Waals surface area contributed by atoms with Gasteiger partial charge in [0.05, 0.1) is 0 Å². The molecule has 2 heteroatoms. The van der Waals surface area contributed by atoms with Gasteiger partial charge in [-0.1, -0.05) is 52.2 Å². The number of nitrogens with zero attached hydrogens (tertiary/aromatic N) is 1. The molecule has 1 N–H and O–H groups in total. The fourth-order valence-corrected chi connectivity index (χ4v) is 4.80. The highest BCUT2D eigenvalue weighted by Gasteiger charge is 2.43. The van der Waals surface area contributed by atoms with Gasteiger partial charge in [0, 0.05) is 26.1 Å². The largest absolute Gasteiger partial charge is 0.255 e. The summed E-state index contributed by atoms with van der Waals surface area (Å²) >= 11 is 0. The standard InChI is InChI=1S/C19H36N2/c1-8-16-14(3)17(16)15-10-19(6,9-2)12-18(4,5)13-20-21(7)11-15/h15,17,20H,8-13H2,1-7H3/t15?,17?,19-/m1/s1. The Hall–Kier alpha value is -0.340. The number of hydrogen-bond donors (Lipinski definition) is 1. The minimum atomic E-state index is 0.369. The lowest BCUT2D eigenvalue weighted by Gasteiger charge is -2.38. The van der Waals surface area contributed by atoms with Crippen LogP contribution in [0.15, 0.2) is 11.1 Å². The maximum atomic E-state index is 3.65. The first-order valence-electron chi connectivity index (χ1n) is 8.85. The van der Waals surface area contributed by atoms with Crippen LogP contribution < -0.4 is 5.43 Å². The number of hydrazine groups is 1. The van der Waals surface area contributed by atoms with Gasteiger partial charge in [-0.05, 0) is 42.9 Å². The number of allylic oxidation sites excluding steroid dienone is 2. The molecule has 122 valence electrons. The summed E-state index contributed by atoms with van der Waals surface area (Å²) in [6.45, 7) is 16.7. The Bertz CT molecular complexity index is 410. The van der Waals surface area contributed by atoms with Gasteiger partial charge < -0.3 is 0 Å². The first-order valence-corrected chi connectivity index (χ1v) is 8.85. The van der Waals surface area contributed by atoms with Gasteiger partial charge in [0.15, 0.2) is 0 Å². The molecule has 2 nitrogen and oxygen atoms in total. The van der Waals surface area contributed by atoms with Crippen LogP contribution in [-0.2, 0) is 0 Å². The van der Waals surface area contributed by atoms with E-state index in [-0.39, 0.29) is 0 Å². The number of nitrogens with one attached hydrogen (secondary N) is 1. The van der Waals surface area contributed by atoms with Crippen molar-refractivity contribution < 1.29 is 0 Å². The van der Waals surface area contributed by atoms with Gasteiger partial charge in [-0.15, -0.1) is 0 Å². The fraction of sp³-hybridized carbons (Fsp3) is 0.895. The van der Waals surface area contributed by atoms with E-state index in [4.69, 9.17) is 0 Å². The second-order valence-electron chi connectivity index (χ2n) is 8.72.